The number of anilines is 5. The average Bonchev–Trinajstić information content (AvgIpc) is 3.93. The number of amides is 6. The molecule has 3 aromatic rings. The molecule has 6 amide bonds. The third-order valence-corrected chi connectivity index (χ3v) is 14.0. The van der Waals surface area contributed by atoms with Crippen LogP contribution in [-0.2, 0) is 14.4 Å². The lowest BCUT2D eigenvalue weighted by molar-refractivity contribution is -0.140. The zero-order valence-electron chi connectivity index (χ0n) is 36.7. The van der Waals surface area contributed by atoms with Crippen LogP contribution < -0.4 is 30.1 Å². The van der Waals surface area contributed by atoms with E-state index in [9.17, 15) is 28.8 Å². The van der Waals surface area contributed by atoms with Crippen LogP contribution in [0.15, 0.2) is 42.6 Å². The first-order valence-electron chi connectivity index (χ1n) is 22.7. The number of benzene rings is 2. The molecule has 17 nitrogen and oxygen atoms in total. The molecular formula is C46H54F2N10O7. The molecule has 0 bridgehead atoms. The van der Waals surface area contributed by atoms with Crippen molar-refractivity contribution >= 4 is 64.3 Å². The Labute approximate surface area is 375 Å². The number of carbonyl (C=O) groups excluding carboxylic acids is 6. The monoisotopic (exact) mass is 896 g/mol. The summed E-state index contributed by atoms with van der Waals surface area (Å²) in [6.45, 7) is 4.43. The zero-order chi connectivity index (χ0) is 45.6. The number of likely N-dealkylation sites (tertiary alicyclic amines) is 1. The minimum absolute atomic E-state index is 0.0713. The summed E-state index contributed by atoms with van der Waals surface area (Å²) in [4.78, 5) is 96.6. The number of hydrogen-bond donors (Lipinski definition) is 2. The number of ether oxygens (including phenoxy) is 1. The Morgan fingerprint density at radius 2 is 1.68 bits per heavy atom. The number of methoxy groups -OCH3 is 1. The van der Waals surface area contributed by atoms with Crippen LogP contribution in [0.1, 0.15) is 95.3 Å². The summed E-state index contributed by atoms with van der Waals surface area (Å²) < 4.78 is 35.8. The highest BCUT2D eigenvalue weighted by Gasteiger charge is 2.49. The smallest absolute Gasteiger partial charge is 0.342 e. The first-order valence-corrected chi connectivity index (χ1v) is 22.7. The molecule has 344 valence electrons. The summed E-state index contributed by atoms with van der Waals surface area (Å²) in [7, 11) is 2.82. The van der Waals surface area contributed by atoms with Crippen molar-refractivity contribution in [1.82, 2.24) is 30.0 Å². The second-order valence-electron chi connectivity index (χ2n) is 17.9. The molecule has 6 aliphatic rings. The van der Waals surface area contributed by atoms with Gasteiger partial charge in [0.2, 0.25) is 17.8 Å². The standard InChI is InChI=1S/C46H54F2N10O7/c1-53-35-26-49-45(52-39(35)57(30-8-3-4-9-30)27-46(47,48)44(53)64)50-32-13-12-29(25-36(32)65-2)41(61)56-19-16-28(17-20-56)7-6-18-54-21-23-55(24-22-54)33-11-5-10-31-38(33)43(63)58(42(31)62)34-14-15-37(59)51-40(34)60/h5,10-13,25-26,28,30,34H,3-4,6-9,14-24,27H2,1-2H3,(H,49,50,52)(H,51,59,60). The number of hydrogen-bond acceptors (Lipinski definition) is 13. The molecule has 0 spiro atoms. The Hall–Kier alpha value is -6.24. The van der Waals surface area contributed by atoms with E-state index in [1.165, 1.54) is 20.4 Å². The van der Waals surface area contributed by atoms with Crippen molar-refractivity contribution in [1.29, 1.82) is 0 Å². The van der Waals surface area contributed by atoms with Crippen LogP contribution in [0.5, 0.6) is 5.75 Å². The van der Waals surface area contributed by atoms with Crippen LogP contribution in [0.25, 0.3) is 0 Å². The molecule has 1 atom stereocenters. The van der Waals surface area contributed by atoms with Gasteiger partial charge in [-0.15, -0.1) is 0 Å². The average molecular weight is 897 g/mol. The van der Waals surface area contributed by atoms with Gasteiger partial charge in [-0.2, -0.15) is 13.8 Å². The van der Waals surface area contributed by atoms with E-state index < -0.39 is 48.0 Å². The lowest BCUT2D eigenvalue weighted by Crippen LogP contribution is -2.54. The largest absolute Gasteiger partial charge is 0.495 e. The first-order chi connectivity index (χ1) is 31.3. The van der Waals surface area contributed by atoms with Gasteiger partial charge in [0.05, 0.1) is 42.4 Å². The van der Waals surface area contributed by atoms with Gasteiger partial charge in [-0.25, -0.2) is 4.98 Å². The van der Waals surface area contributed by atoms with E-state index in [4.69, 9.17) is 4.74 Å². The van der Waals surface area contributed by atoms with Crippen LogP contribution in [-0.4, -0.2) is 145 Å². The molecule has 1 aliphatic carbocycles. The summed E-state index contributed by atoms with van der Waals surface area (Å²) in [5, 5.41) is 5.39. The normalized spacial score (nSPS) is 22.0. The van der Waals surface area contributed by atoms with Gasteiger partial charge in [-0.05, 0) is 87.7 Å². The summed E-state index contributed by atoms with van der Waals surface area (Å²) in [6.07, 6.45) is 8.74. The minimum atomic E-state index is -3.58. The Kier molecular flexibility index (Phi) is 12.2. The molecule has 0 radical (unpaired) electrons. The number of piperazine rings is 1. The predicted molar refractivity (Wildman–Crippen MR) is 236 cm³/mol. The van der Waals surface area contributed by atoms with E-state index in [1.807, 2.05) is 11.0 Å². The molecule has 1 unspecified atom stereocenters. The number of imide groups is 2. The summed E-state index contributed by atoms with van der Waals surface area (Å²) in [5.41, 5.74) is 2.48. The molecular weight excluding hydrogens is 843 g/mol. The van der Waals surface area contributed by atoms with Gasteiger partial charge in [0.25, 0.3) is 23.6 Å². The fourth-order valence-electron chi connectivity index (χ4n) is 10.3. The topological polar surface area (TPSA) is 181 Å². The van der Waals surface area contributed by atoms with E-state index >= 15 is 8.78 Å². The summed E-state index contributed by atoms with van der Waals surface area (Å²) in [6, 6.07) is 9.19. The van der Waals surface area contributed by atoms with E-state index in [0.29, 0.717) is 60.3 Å². The highest BCUT2D eigenvalue weighted by molar-refractivity contribution is 6.25. The number of aromatic nitrogens is 2. The maximum Gasteiger partial charge on any atom is 0.342 e. The molecule has 3 saturated heterocycles. The maximum absolute atomic E-state index is 15.1. The van der Waals surface area contributed by atoms with Crippen LogP contribution in [0.4, 0.5) is 37.6 Å². The number of halogens is 2. The molecule has 1 aromatic heterocycles. The van der Waals surface area contributed by atoms with Gasteiger partial charge in [0.1, 0.15) is 17.5 Å². The maximum atomic E-state index is 15.1. The van der Waals surface area contributed by atoms with Gasteiger partial charge in [0.15, 0.2) is 5.82 Å². The van der Waals surface area contributed by atoms with Crippen molar-refractivity contribution in [2.24, 2.45) is 5.92 Å². The van der Waals surface area contributed by atoms with E-state index in [1.54, 1.807) is 35.2 Å². The van der Waals surface area contributed by atoms with Crippen LogP contribution in [0.2, 0.25) is 0 Å². The molecule has 19 heteroatoms. The van der Waals surface area contributed by atoms with Crippen molar-refractivity contribution in [3.8, 4) is 5.75 Å². The number of nitrogens with zero attached hydrogens (tertiary/aromatic N) is 8. The third kappa shape index (κ3) is 8.57. The fourth-order valence-corrected chi connectivity index (χ4v) is 10.3. The molecule has 4 fully saturated rings. The van der Waals surface area contributed by atoms with Gasteiger partial charge in [0, 0.05) is 64.3 Å². The van der Waals surface area contributed by atoms with Gasteiger partial charge < -0.3 is 29.7 Å². The molecule has 65 heavy (non-hydrogen) atoms. The predicted octanol–water partition coefficient (Wildman–Crippen LogP) is 4.45. The van der Waals surface area contributed by atoms with Crippen molar-refractivity contribution in [3.05, 3.63) is 59.3 Å². The Balaban J connectivity index is 0.751. The van der Waals surface area contributed by atoms with Crippen molar-refractivity contribution in [3.63, 3.8) is 0 Å². The number of fused-ring (bicyclic) bond motifs is 2. The van der Waals surface area contributed by atoms with Crippen molar-refractivity contribution < 1.29 is 42.3 Å². The van der Waals surface area contributed by atoms with E-state index in [0.717, 1.165) is 80.8 Å². The molecule has 2 N–H and O–H groups in total. The quantitative estimate of drug-likeness (QED) is 0.258. The van der Waals surface area contributed by atoms with Crippen LogP contribution >= 0.6 is 0 Å². The fraction of sp³-hybridized carbons (Fsp3) is 0.522. The Bertz CT molecular complexity index is 2400. The minimum Gasteiger partial charge on any atom is -0.495 e. The molecule has 1 saturated carbocycles. The number of piperidine rings is 2. The summed E-state index contributed by atoms with van der Waals surface area (Å²) >= 11 is 0. The molecule has 9 rings (SSSR count). The number of alkyl halides is 2. The van der Waals surface area contributed by atoms with Gasteiger partial charge in [-0.3, -0.25) is 43.9 Å². The van der Waals surface area contributed by atoms with E-state index in [2.05, 4.69) is 30.4 Å². The number of nitrogens with one attached hydrogen (secondary N) is 2. The molecule has 5 aliphatic heterocycles. The third-order valence-electron chi connectivity index (χ3n) is 14.0. The highest BCUT2D eigenvalue weighted by Crippen LogP contribution is 2.41. The van der Waals surface area contributed by atoms with E-state index in [-0.39, 0.29) is 47.8 Å². The number of carbonyl (C=O) groups is 6. The molecule has 6 heterocycles. The van der Waals surface area contributed by atoms with Crippen LogP contribution in [0, 0.1) is 5.92 Å². The van der Waals surface area contributed by atoms with Gasteiger partial charge in [-0.1, -0.05) is 18.9 Å². The van der Waals surface area contributed by atoms with Gasteiger partial charge >= 0.3 is 5.92 Å². The first kappa shape index (κ1) is 44.0. The second-order valence-corrected chi connectivity index (χ2v) is 17.9. The second kappa shape index (κ2) is 18.0. The SMILES string of the molecule is COc1cc(C(=O)N2CCC(CCCN3CCN(c4cccc5c4C(=O)N(C4CCC(=O)NC4=O)C5=O)CC3)CC2)ccc1Nc1ncc2c(n1)N(C1CCCC1)CC(F)(F)C(=O)N2C. The van der Waals surface area contributed by atoms with Crippen molar-refractivity contribution in [2.45, 2.75) is 82.2 Å². The zero-order valence-corrected chi connectivity index (χ0v) is 36.7. The lowest BCUT2D eigenvalue weighted by Gasteiger charge is -2.37. The lowest BCUT2D eigenvalue weighted by atomic mass is 9.91. The van der Waals surface area contributed by atoms with Crippen molar-refractivity contribution in [2.75, 3.05) is 86.5 Å². The number of rotatable bonds is 11. The summed E-state index contributed by atoms with van der Waals surface area (Å²) in [5.74, 6) is -5.69. The van der Waals surface area contributed by atoms with Crippen LogP contribution in [0.3, 0.4) is 0 Å². The Morgan fingerprint density at radius 1 is 0.923 bits per heavy atom. The highest BCUT2D eigenvalue weighted by atomic mass is 19.3. The Morgan fingerprint density at radius 3 is 2.40 bits per heavy atom. The molecule has 2 aromatic carbocycles.